The van der Waals surface area contributed by atoms with Crippen LogP contribution in [0, 0.1) is 0 Å². The first-order valence-corrected chi connectivity index (χ1v) is 12.9. The third-order valence-electron chi connectivity index (χ3n) is 5.97. The van der Waals surface area contributed by atoms with Crippen LogP contribution in [0.1, 0.15) is 50.8 Å². The van der Waals surface area contributed by atoms with E-state index in [9.17, 15) is 14.7 Å². The smallest absolute Gasteiger partial charge is 0.295 e. The van der Waals surface area contributed by atoms with Crippen molar-refractivity contribution in [2.24, 2.45) is 0 Å². The molecule has 1 amide bonds. The second kappa shape index (κ2) is 13.1. The van der Waals surface area contributed by atoms with Gasteiger partial charge in [0.25, 0.3) is 11.7 Å². The van der Waals surface area contributed by atoms with Gasteiger partial charge in [-0.25, -0.2) is 0 Å². The number of aliphatic hydroxyl groups is 1. The Morgan fingerprint density at radius 3 is 2.22 bits per heavy atom. The zero-order valence-electron chi connectivity index (χ0n) is 22.5. The van der Waals surface area contributed by atoms with Crippen molar-refractivity contribution in [3.63, 3.8) is 0 Å². The van der Waals surface area contributed by atoms with Gasteiger partial charge < -0.3 is 29.1 Å². The molecule has 0 aliphatic carbocycles. The molecule has 37 heavy (non-hydrogen) atoms. The van der Waals surface area contributed by atoms with Crippen molar-refractivity contribution in [2.45, 2.75) is 39.7 Å². The van der Waals surface area contributed by atoms with Crippen LogP contribution >= 0.6 is 0 Å². The summed E-state index contributed by atoms with van der Waals surface area (Å²) in [4.78, 5) is 29.9. The lowest BCUT2D eigenvalue weighted by atomic mass is 9.95. The molecule has 1 saturated heterocycles. The van der Waals surface area contributed by atoms with Crippen molar-refractivity contribution in [3.05, 3.63) is 59.2 Å². The predicted molar refractivity (Wildman–Crippen MR) is 143 cm³/mol. The standard InChI is InChI=1S/C29H38N2O6/c1-6-17-36-22-12-9-20(10-13-22)27(32)25-26(31(16-15-30(4)5)29(34)28(25)33)21-11-14-23(37-18-7-2)24(19-21)35-8-3/h9-14,19,26,32H,6-8,15-18H2,1-5H3. The van der Waals surface area contributed by atoms with Gasteiger partial charge in [-0.15, -0.1) is 0 Å². The zero-order chi connectivity index (χ0) is 26.9. The van der Waals surface area contributed by atoms with Gasteiger partial charge in [-0.1, -0.05) is 19.9 Å². The van der Waals surface area contributed by atoms with Crippen LogP contribution in [-0.2, 0) is 9.59 Å². The molecule has 2 aromatic rings. The van der Waals surface area contributed by atoms with Gasteiger partial charge in [0, 0.05) is 18.7 Å². The highest BCUT2D eigenvalue weighted by Crippen LogP contribution is 2.42. The summed E-state index contributed by atoms with van der Waals surface area (Å²) >= 11 is 0. The molecular weight excluding hydrogens is 472 g/mol. The number of carbonyl (C=O) groups excluding carboxylic acids is 2. The third kappa shape index (κ3) is 6.63. The van der Waals surface area contributed by atoms with Crippen LogP contribution in [-0.4, -0.2) is 73.6 Å². The van der Waals surface area contributed by atoms with E-state index in [1.54, 1.807) is 36.4 Å². The van der Waals surface area contributed by atoms with Crippen LogP contribution in [0.4, 0.5) is 0 Å². The number of amides is 1. The first kappa shape index (κ1) is 28.1. The molecule has 0 aromatic heterocycles. The van der Waals surface area contributed by atoms with E-state index >= 15 is 0 Å². The van der Waals surface area contributed by atoms with Crippen LogP contribution in [0.3, 0.4) is 0 Å². The van der Waals surface area contributed by atoms with E-state index in [4.69, 9.17) is 14.2 Å². The van der Waals surface area contributed by atoms with Crippen LogP contribution in [0.5, 0.6) is 17.2 Å². The van der Waals surface area contributed by atoms with E-state index in [1.165, 1.54) is 4.90 Å². The molecular formula is C29H38N2O6. The van der Waals surface area contributed by atoms with Crippen molar-refractivity contribution >= 4 is 17.4 Å². The lowest BCUT2D eigenvalue weighted by Crippen LogP contribution is -2.35. The number of hydrogen-bond acceptors (Lipinski definition) is 7. The summed E-state index contributed by atoms with van der Waals surface area (Å²) in [6.07, 6.45) is 1.73. The van der Waals surface area contributed by atoms with Gasteiger partial charge in [0.1, 0.15) is 11.5 Å². The Bertz CT molecular complexity index is 1110. The van der Waals surface area contributed by atoms with Crippen LogP contribution < -0.4 is 14.2 Å². The Balaban J connectivity index is 2.10. The summed E-state index contributed by atoms with van der Waals surface area (Å²) in [5, 5.41) is 11.3. The summed E-state index contributed by atoms with van der Waals surface area (Å²) in [6.45, 7) is 8.36. The number of benzene rings is 2. The molecule has 0 saturated carbocycles. The maximum absolute atomic E-state index is 13.3. The summed E-state index contributed by atoms with van der Waals surface area (Å²) in [7, 11) is 3.81. The highest BCUT2D eigenvalue weighted by atomic mass is 16.5. The summed E-state index contributed by atoms with van der Waals surface area (Å²) in [5.41, 5.74) is 1.15. The fraction of sp³-hybridized carbons (Fsp3) is 0.448. The van der Waals surface area contributed by atoms with Gasteiger partial charge in [0.05, 0.1) is 31.4 Å². The molecule has 1 aliphatic heterocycles. The predicted octanol–water partition coefficient (Wildman–Crippen LogP) is 4.65. The summed E-state index contributed by atoms with van der Waals surface area (Å²) < 4.78 is 17.3. The number of ether oxygens (including phenoxy) is 3. The fourth-order valence-electron chi connectivity index (χ4n) is 4.14. The van der Waals surface area contributed by atoms with Crippen molar-refractivity contribution in [1.82, 2.24) is 9.80 Å². The van der Waals surface area contributed by atoms with Crippen LogP contribution in [0.15, 0.2) is 48.0 Å². The Labute approximate surface area is 219 Å². The van der Waals surface area contributed by atoms with Gasteiger partial charge in [0.15, 0.2) is 11.5 Å². The normalized spacial score (nSPS) is 16.9. The van der Waals surface area contributed by atoms with Gasteiger partial charge >= 0.3 is 0 Å². The molecule has 1 N–H and O–H groups in total. The van der Waals surface area contributed by atoms with E-state index in [0.717, 1.165) is 12.8 Å². The molecule has 8 nitrogen and oxygen atoms in total. The minimum Gasteiger partial charge on any atom is -0.507 e. The molecule has 2 aromatic carbocycles. The molecule has 1 atom stereocenters. The van der Waals surface area contributed by atoms with Crippen molar-refractivity contribution in [3.8, 4) is 17.2 Å². The zero-order valence-corrected chi connectivity index (χ0v) is 22.5. The highest BCUT2D eigenvalue weighted by molar-refractivity contribution is 6.46. The Morgan fingerprint density at radius 1 is 0.919 bits per heavy atom. The van der Waals surface area contributed by atoms with Crippen molar-refractivity contribution in [1.29, 1.82) is 0 Å². The van der Waals surface area contributed by atoms with Crippen molar-refractivity contribution < 1.29 is 28.9 Å². The summed E-state index contributed by atoms with van der Waals surface area (Å²) in [5.74, 6) is 0.231. The molecule has 1 aliphatic rings. The largest absolute Gasteiger partial charge is 0.507 e. The lowest BCUT2D eigenvalue weighted by molar-refractivity contribution is -0.140. The Hall–Kier alpha value is -3.52. The first-order chi connectivity index (χ1) is 17.8. The highest BCUT2D eigenvalue weighted by Gasteiger charge is 2.46. The number of carbonyl (C=O) groups is 2. The maximum Gasteiger partial charge on any atom is 0.295 e. The molecule has 3 rings (SSSR count). The topological polar surface area (TPSA) is 88.5 Å². The Morgan fingerprint density at radius 2 is 1.59 bits per heavy atom. The van der Waals surface area contributed by atoms with E-state index < -0.39 is 17.7 Å². The number of likely N-dealkylation sites (tertiary alicyclic amines) is 1. The van der Waals surface area contributed by atoms with Gasteiger partial charge in [-0.2, -0.15) is 0 Å². The number of Topliss-reactive ketones (excluding diaryl/α,β-unsaturated/α-hetero) is 1. The molecule has 1 fully saturated rings. The van der Waals surface area contributed by atoms with E-state index in [2.05, 4.69) is 0 Å². The number of aliphatic hydroxyl groups excluding tert-OH is 1. The molecule has 0 radical (unpaired) electrons. The number of rotatable bonds is 13. The van der Waals surface area contributed by atoms with Gasteiger partial charge in [0.2, 0.25) is 0 Å². The van der Waals surface area contributed by atoms with E-state index in [0.29, 0.717) is 61.3 Å². The molecule has 8 heteroatoms. The number of likely N-dealkylation sites (N-methyl/N-ethyl adjacent to an activating group) is 1. The van der Waals surface area contributed by atoms with E-state index in [-0.39, 0.29) is 11.3 Å². The second-order valence-electron chi connectivity index (χ2n) is 9.16. The van der Waals surface area contributed by atoms with Crippen LogP contribution in [0.25, 0.3) is 5.76 Å². The van der Waals surface area contributed by atoms with Crippen LogP contribution in [0.2, 0.25) is 0 Å². The molecule has 1 unspecified atom stereocenters. The average molecular weight is 511 g/mol. The fourth-order valence-corrected chi connectivity index (χ4v) is 4.14. The molecule has 1 heterocycles. The van der Waals surface area contributed by atoms with Crippen molar-refractivity contribution in [2.75, 3.05) is 47.0 Å². The van der Waals surface area contributed by atoms with Gasteiger partial charge in [-0.3, -0.25) is 9.59 Å². The average Bonchev–Trinajstić information content (AvgIpc) is 3.15. The third-order valence-corrected chi connectivity index (χ3v) is 5.97. The second-order valence-corrected chi connectivity index (χ2v) is 9.16. The first-order valence-electron chi connectivity index (χ1n) is 12.9. The van der Waals surface area contributed by atoms with E-state index in [1.807, 2.05) is 45.8 Å². The number of ketones is 1. The summed E-state index contributed by atoms with van der Waals surface area (Å²) in [6, 6.07) is 11.5. The van der Waals surface area contributed by atoms with Gasteiger partial charge in [-0.05, 0) is 75.8 Å². The Kier molecular flexibility index (Phi) is 9.97. The monoisotopic (exact) mass is 510 g/mol. The molecule has 0 spiro atoms. The number of hydrogen-bond donors (Lipinski definition) is 1. The molecule has 0 bridgehead atoms. The molecule has 200 valence electrons. The minimum absolute atomic E-state index is 0.0515. The minimum atomic E-state index is -0.768. The lowest BCUT2D eigenvalue weighted by Gasteiger charge is -2.27. The quantitative estimate of drug-likeness (QED) is 0.238. The SMILES string of the molecule is CCCOc1ccc(C(O)=C2C(=O)C(=O)N(CCN(C)C)C2c2ccc(OCCC)c(OCC)c2)cc1. The maximum atomic E-state index is 13.3. The number of nitrogens with zero attached hydrogens (tertiary/aromatic N) is 2.